The Morgan fingerprint density at radius 1 is 1.23 bits per heavy atom. The molecule has 2 atom stereocenters. The summed E-state index contributed by atoms with van der Waals surface area (Å²) in [7, 11) is -2.83. The molecule has 2 nitrogen and oxygen atoms in total. The minimum absolute atomic E-state index is 0.130. The maximum atomic E-state index is 11.2. The maximum absolute atomic E-state index is 11.2. The van der Waals surface area contributed by atoms with E-state index in [0.29, 0.717) is 0 Å². The fraction of sp³-hybridized carbons (Fsp3) is 0.400. The minimum atomic E-state index is -2.83. The minimum Gasteiger partial charge on any atom is -0.229 e. The van der Waals surface area contributed by atoms with Gasteiger partial charge in [-0.2, -0.15) is 0 Å². The first kappa shape index (κ1) is 8.75. The quantitative estimate of drug-likeness (QED) is 0.719. The molecule has 0 spiro atoms. The first-order valence-corrected chi connectivity index (χ1v) is 6.28. The molecule has 2 rings (SSSR count). The second kappa shape index (κ2) is 2.84. The molecular weight excluding hydrogens is 184 g/mol. The monoisotopic (exact) mass is 196 g/mol. The molecule has 13 heavy (non-hydrogen) atoms. The lowest BCUT2D eigenvalue weighted by Gasteiger charge is -1.97. The van der Waals surface area contributed by atoms with Gasteiger partial charge in [0.25, 0.3) is 0 Å². The molecular formula is C10H12O2S. The van der Waals surface area contributed by atoms with Crippen molar-refractivity contribution in [3.63, 3.8) is 0 Å². The summed E-state index contributed by atoms with van der Waals surface area (Å²) in [6, 6.07) is 9.84. The van der Waals surface area contributed by atoms with E-state index in [9.17, 15) is 8.42 Å². The highest BCUT2D eigenvalue weighted by Crippen LogP contribution is 2.45. The Labute approximate surface area is 78.5 Å². The molecule has 0 aromatic heterocycles. The van der Waals surface area contributed by atoms with Crippen LogP contribution in [0.4, 0.5) is 0 Å². The van der Waals surface area contributed by atoms with Crippen LogP contribution in [0.1, 0.15) is 17.9 Å². The van der Waals surface area contributed by atoms with Crippen LogP contribution in [0, 0.1) is 0 Å². The van der Waals surface area contributed by atoms with Crippen molar-refractivity contribution >= 4 is 9.84 Å². The van der Waals surface area contributed by atoms with Gasteiger partial charge in [-0.05, 0) is 12.0 Å². The Hall–Kier alpha value is -0.830. The number of hydrogen-bond donors (Lipinski definition) is 0. The van der Waals surface area contributed by atoms with Crippen molar-refractivity contribution in [1.82, 2.24) is 0 Å². The van der Waals surface area contributed by atoms with Gasteiger partial charge in [0, 0.05) is 12.2 Å². The van der Waals surface area contributed by atoms with Crippen molar-refractivity contribution in [1.29, 1.82) is 0 Å². The standard InChI is InChI=1S/C10H12O2S/c1-13(11,12)10-7-9(10)8-5-3-2-4-6-8/h2-6,9-10H,7H2,1H3/t9-,10+/m0/s1. The predicted octanol–water partition coefficient (Wildman–Crippen LogP) is 1.59. The van der Waals surface area contributed by atoms with Crippen LogP contribution in [0.3, 0.4) is 0 Å². The molecule has 0 N–H and O–H groups in total. The Morgan fingerprint density at radius 3 is 2.31 bits per heavy atom. The summed E-state index contributed by atoms with van der Waals surface area (Å²) < 4.78 is 22.4. The zero-order chi connectivity index (χ0) is 9.47. The fourth-order valence-electron chi connectivity index (χ4n) is 1.70. The topological polar surface area (TPSA) is 34.1 Å². The normalized spacial score (nSPS) is 27.2. The zero-order valence-corrected chi connectivity index (χ0v) is 8.29. The Morgan fingerprint density at radius 2 is 1.85 bits per heavy atom. The van der Waals surface area contributed by atoms with Crippen molar-refractivity contribution < 1.29 is 8.42 Å². The molecule has 0 aliphatic heterocycles. The summed E-state index contributed by atoms with van der Waals surface area (Å²) in [6.45, 7) is 0. The lowest BCUT2D eigenvalue weighted by atomic mass is 10.1. The van der Waals surface area contributed by atoms with Crippen LogP contribution in [-0.4, -0.2) is 19.9 Å². The molecule has 3 heteroatoms. The van der Waals surface area contributed by atoms with Gasteiger partial charge in [0.2, 0.25) is 0 Å². The van der Waals surface area contributed by atoms with E-state index in [0.717, 1.165) is 12.0 Å². The van der Waals surface area contributed by atoms with Crippen molar-refractivity contribution in [2.45, 2.75) is 17.6 Å². The van der Waals surface area contributed by atoms with Crippen molar-refractivity contribution in [2.24, 2.45) is 0 Å². The van der Waals surface area contributed by atoms with Crippen LogP contribution < -0.4 is 0 Å². The lowest BCUT2D eigenvalue weighted by molar-refractivity contribution is 0.600. The van der Waals surface area contributed by atoms with Crippen LogP contribution in [0.25, 0.3) is 0 Å². The molecule has 1 aliphatic carbocycles. The summed E-state index contributed by atoms with van der Waals surface area (Å²) in [4.78, 5) is 0. The number of benzene rings is 1. The molecule has 1 aromatic carbocycles. The van der Waals surface area contributed by atoms with Gasteiger partial charge in [-0.15, -0.1) is 0 Å². The van der Waals surface area contributed by atoms with Crippen molar-refractivity contribution in [2.75, 3.05) is 6.26 Å². The molecule has 0 unspecified atom stereocenters. The second-order valence-corrected chi connectivity index (χ2v) is 5.89. The Bertz CT molecular complexity index is 394. The smallest absolute Gasteiger partial charge is 0.150 e. The summed E-state index contributed by atoms with van der Waals surface area (Å²) in [5, 5.41) is -0.130. The molecule has 1 fully saturated rings. The van der Waals surface area contributed by atoms with Crippen molar-refractivity contribution in [3.05, 3.63) is 35.9 Å². The Balaban J connectivity index is 2.18. The predicted molar refractivity (Wildman–Crippen MR) is 52.4 cm³/mol. The zero-order valence-electron chi connectivity index (χ0n) is 7.47. The first-order chi connectivity index (χ1) is 6.09. The number of rotatable bonds is 2. The highest BCUT2D eigenvalue weighted by Gasteiger charge is 2.45. The third-order valence-electron chi connectivity index (χ3n) is 2.51. The van der Waals surface area contributed by atoms with E-state index in [4.69, 9.17) is 0 Å². The summed E-state index contributed by atoms with van der Waals surface area (Å²) >= 11 is 0. The van der Waals surface area contributed by atoms with Crippen LogP contribution in [-0.2, 0) is 9.84 Å². The summed E-state index contributed by atoms with van der Waals surface area (Å²) in [5.41, 5.74) is 1.15. The summed E-state index contributed by atoms with van der Waals surface area (Å²) in [5.74, 6) is 0.246. The van der Waals surface area contributed by atoms with Gasteiger partial charge in [-0.3, -0.25) is 0 Å². The third-order valence-corrected chi connectivity index (χ3v) is 4.13. The third kappa shape index (κ3) is 1.75. The lowest BCUT2D eigenvalue weighted by Crippen LogP contribution is -2.04. The molecule has 1 aromatic rings. The van der Waals surface area contributed by atoms with E-state index >= 15 is 0 Å². The molecule has 1 saturated carbocycles. The highest BCUT2D eigenvalue weighted by molar-refractivity contribution is 7.91. The molecule has 0 amide bonds. The van der Waals surface area contributed by atoms with Gasteiger partial charge in [-0.25, -0.2) is 8.42 Å². The molecule has 1 aliphatic rings. The van der Waals surface area contributed by atoms with E-state index in [1.807, 2.05) is 30.3 Å². The molecule has 0 bridgehead atoms. The number of sulfone groups is 1. The second-order valence-electron chi connectivity index (χ2n) is 3.62. The van der Waals surface area contributed by atoms with Crippen LogP contribution in [0.2, 0.25) is 0 Å². The molecule has 0 heterocycles. The highest BCUT2D eigenvalue weighted by atomic mass is 32.2. The van der Waals surface area contributed by atoms with E-state index in [1.165, 1.54) is 6.26 Å². The molecule has 70 valence electrons. The average Bonchev–Trinajstić information content (AvgIpc) is 2.83. The van der Waals surface area contributed by atoms with E-state index in [-0.39, 0.29) is 11.2 Å². The molecule has 0 radical (unpaired) electrons. The van der Waals surface area contributed by atoms with Gasteiger partial charge >= 0.3 is 0 Å². The van der Waals surface area contributed by atoms with Gasteiger partial charge < -0.3 is 0 Å². The van der Waals surface area contributed by atoms with Gasteiger partial charge in [0.1, 0.15) is 0 Å². The average molecular weight is 196 g/mol. The van der Waals surface area contributed by atoms with E-state index < -0.39 is 9.84 Å². The van der Waals surface area contributed by atoms with Gasteiger partial charge in [0.05, 0.1) is 5.25 Å². The fourth-order valence-corrected chi connectivity index (χ4v) is 3.01. The SMILES string of the molecule is CS(=O)(=O)[C@@H]1C[C@H]1c1ccccc1. The van der Waals surface area contributed by atoms with Crippen molar-refractivity contribution in [3.8, 4) is 0 Å². The van der Waals surface area contributed by atoms with Gasteiger partial charge in [0.15, 0.2) is 9.84 Å². The van der Waals surface area contributed by atoms with Crippen LogP contribution in [0.15, 0.2) is 30.3 Å². The first-order valence-electron chi connectivity index (χ1n) is 4.33. The largest absolute Gasteiger partial charge is 0.229 e. The maximum Gasteiger partial charge on any atom is 0.150 e. The number of hydrogen-bond acceptors (Lipinski definition) is 2. The molecule has 0 saturated heterocycles. The van der Waals surface area contributed by atoms with E-state index in [2.05, 4.69) is 0 Å². The van der Waals surface area contributed by atoms with Crippen LogP contribution in [0.5, 0.6) is 0 Å². The Kier molecular flexibility index (Phi) is 1.91. The van der Waals surface area contributed by atoms with Gasteiger partial charge in [-0.1, -0.05) is 30.3 Å². The van der Waals surface area contributed by atoms with E-state index in [1.54, 1.807) is 0 Å². The van der Waals surface area contributed by atoms with Crippen LogP contribution >= 0.6 is 0 Å². The summed E-state index contributed by atoms with van der Waals surface area (Å²) in [6.07, 6.45) is 2.11.